The Morgan fingerprint density at radius 1 is 1.29 bits per heavy atom. The van der Waals surface area contributed by atoms with Crippen molar-refractivity contribution in [3.05, 3.63) is 0 Å². The van der Waals surface area contributed by atoms with Gasteiger partial charge in [0.25, 0.3) is 0 Å². The van der Waals surface area contributed by atoms with Crippen molar-refractivity contribution < 1.29 is 19.1 Å². The van der Waals surface area contributed by atoms with Gasteiger partial charge in [-0.2, -0.15) is 0 Å². The SMILES string of the molecule is CCCN(C(=O)OC(C)(C)C)[C@H](C)C(=O)OC. The van der Waals surface area contributed by atoms with Crippen molar-refractivity contribution in [2.45, 2.75) is 52.7 Å². The molecule has 0 rings (SSSR count). The summed E-state index contributed by atoms with van der Waals surface area (Å²) in [5, 5.41) is 0. The molecule has 0 unspecified atom stereocenters. The van der Waals surface area contributed by atoms with E-state index < -0.39 is 23.7 Å². The molecular formula is C12H23NO4. The van der Waals surface area contributed by atoms with E-state index in [0.29, 0.717) is 6.54 Å². The molecular weight excluding hydrogens is 222 g/mol. The van der Waals surface area contributed by atoms with Gasteiger partial charge in [0.15, 0.2) is 0 Å². The molecule has 5 nitrogen and oxygen atoms in total. The summed E-state index contributed by atoms with van der Waals surface area (Å²) in [5.74, 6) is -0.440. The van der Waals surface area contributed by atoms with E-state index in [2.05, 4.69) is 4.74 Å². The summed E-state index contributed by atoms with van der Waals surface area (Å²) < 4.78 is 9.88. The minimum Gasteiger partial charge on any atom is -0.467 e. The summed E-state index contributed by atoms with van der Waals surface area (Å²) in [6.45, 7) is 9.39. The first-order chi connectivity index (χ1) is 7.72. The maximum atomic E-state index is 11.9. The van der Waals surface area contributed by atoms with Crippen LogP contribution in [0.3, 0.4) is 0 Å². The van der Waals surface area contributed by atoms with Crippen molar-refractivity contribution in [1.29, 1.82) is 0 Å². The van der Waals surface area contributed by atoms with Crippen LogP contribution in [0.2, 0.25) is 0 Å². The third-order valence-corrected chi connectivity index (χ3v) is 2.10. The molecule has 0 N–H and O–H groups in total. The van der Waals surface area contributed by atoms with Gasteiger partial charge in [-0.15, -0.1) is 0 Å². The molecule has 0 aliphatic heterocycles. The highest BCUT2D eigenvalue weighted by molar-refractivity contribution is 5.81. The van der Waals surface area contributed by atoms with Crippen molar-refractivity contribution in [1.82, 2.24) is 4.90 Å². The molecule has 5 heteroatoms. The second-order valence-corrected chi connectivity index (χ2v) is 4.87. The van der Waals surface area contributed by atoms with E-state index in [9.17, 15) is 9.59 Å². The molecule has 17 heavy (non-hydrogen) atoms. The standard InChI is InChI=1S/C12H23NO4/c1-7-8-13(9(2)10(14)16-6)11(15)17-12(3,4)5/h9H,7-8H2,1-6H3/t9-/m1/s1. The highest BCUT2D eigenvalue weighted by Gasteiger charge is 2.29. The number of esters is 1. The lowest BCUT2D eigenvalue weighted by atomic mass is 10.2. The highest BCUT2D eigenvalue weighted by atomic mass is 16.6. The summed E-state index contributed by atoms with van der Waals surface area (Å²) in [4.78, 5) is 24.7. The summed E-state index contributed by atoms with van der Waals surface area (Å²) in [5.41, 5.74) is -0.571. The van der Waals surface area contributed by atoms with E-state index in [0.717, 1.165) is 6.42 Å². The number of rotatable bonds is 4. The van der Waals surface area contributed by atoms with Crippen molar-refractivity contribution in [3.8, 4) is 0 Å². The van der Waals surface area contributed by atoms with E-state index in [1.165, 1.54) is 12.0 Å². The lowest BCUT2D eigenvalue weighted by Crippen LogP contribution is -2.46. The Labute approximate surface area is 103 Å². The Bertz CT molecular complexity index is 270. The average Bonchev–Trinajstić information content (AvgIpc) is 2.21. The van der Waals surface area contributed by atoms with E-state index in [4.69, 9.17) is 4.74 Å². The number of hydrogen-bond donors (Lipinski definition) is 0. The van der Waals surface area contributed by atoms with Gasteiger partial charge in [0, 0.05) is 6.54 Å². The van der Waals surface area contributed by atoms with E-state index in [1.807, 2.05) is 6.92 Å². The second kappa shape index (κ2) is 6.47. The lowest BCUT2D eigenvalue weighted by molar-refractivity contribution is -0.146. The number of carbonyl (C=O) groups excluding carboxylic acids is 2. The Hall–Kier alpha value is -1.26. The van der Waals surface area contributed by atoms with Crippen LogP contribution < -0.4 is 0 Å². The molecule has 0 spiro atoms. The van der Waals surface area contributed by atoms with Crippen LogP contribution in [-0.4, -0.2) is 42.3 Å². The average molecular weight is 245 g/mol. The topological polar surface area (TPSA) is 55.8 Å². The minimum atomic E-state index is -0.630. The van der Waals surface area contributed by atoms with Crippen LogP contribution in [0.5, 0.6) is 0 Å². The van der Waals surface area contributed by atoms with Crippen LogP contribution in [0, 0.1) is 0 Å². The highest BCUT2D eigenvalue weighted by Crippen LogP contribution is 2.13. The van der Waals surface area contributed by atoms with Gasteiger partial charge >= 0.3 is 12.1 Å². The van der Waals surface area contributed by atoms with Gasteiger partial charge < -0.3 is 9.47 Å². The Morgan fingerprint density at radius 2 is 1.82 bits per heavy atom. The van der Waals surface area contributed by atoms with Crippen molar-refractivity contribution in [3.63, 3.8) is 0 Å². The van der Waals surface area contributed by atoms with Crippen LogP contribution in [0.15, 0.2) is 0 Å². The fourth-order valence-corrected chi connectivity index (χ4v) is 1.30. The zero-order chi connectivity index (χ0) is 13.6. The third-order valence-electron chi connectivity index (χ3n) is 2.10. The van der Waals surface area contributed by atoms with E-state index in [1.54, 1.807) is 27.7 Å². The fourth-order valence-electron chi connectivity index (χ4n) is 1.30. The summed E-state index contributed by atoms with van der Waals surface area (Å²) in [7, 11) is 1.30. The van der Waals surface area contributed by atoms with Gasteiger partial charge in [0.2, 0.25) is 0 Å². The summed E-state index contributed by atoms with van der Waals surface area (Å²) >= 11 is 0. The quantitative estimate of drug-likeness (QED) is 0.712. The largest absolute Gasteiger partial charge is 0.467 e. The fraction of sp³-hybridized carbons (Fsp3) is 0.833. The number of hydrogen-bond acceptors (Lipinski definition) is 4. The maximum Gasteiger partial charge on any atom is 0.411 e. The zero-order valence-electron chi connectivity index (χ0n) is 11.6. The molecule has 0 heterocycles. The molecule has 1 atom stereocenters. The molecule has 0 aromatic rings. The maximum absolute atomic E-state index is 11.9. The van der Waals surface area contributed by atoms with Crippen molar-refractivity contribution >= 4 is 12.1 Å². The molecule has 0 saturated carbocycles. The normalized spacial score (nSPS) is 12.8. The summed E-state index contributed by atoms with van der Waals surface area (Å²) in [6, 6.07) is -0.630. The van der Waals surface area contributed by atoms with Gasteiger partial charge in [0.1, 0.15) is 11.6 Å². The molecule has 0 aromatic heterocycles. The number of nitrogens with zero attached hydrogens (tertiary/aromatic N) is 1. The Morgan fingerprint density at radius 3 is 2.18 bits per heavy atom. The van der Waals surface area contributed by atoms with Gasteiger partial charge in [-0.25, -0.2) is 9.59 Å². The molecule has 0 aromatic carbocycles. The molecule has 0 radical (unpaired) electrons. The van der Waals surface area contributed by atoms with E-state index >= 15 is 0 Å². The molecule has 0 saturated heterocycles. The monoisotopic (exact) mass is 245 g/mol. The first-order valence-electron chi connectivity index (χ1n) is 5.80. The molecule has 0 fully saturated rings. The minimum absolute atomic E-state index is 0.440. The predicted octanol–water partition coefficient (Wildman–Crippen LogP) is 2.20. The van der Waals surface area contributed by atoms with Crippen LogP contribution in [0.1, 0.15) is 41.0 Å². The summed E-state index contributed by atoms with van der Waals surface area (Å²) in [6.07, 6.45) is 0.262. The Balaban J connectivity index is 4.72. The molecule has 100 valence electrons. The smallest absolute Gasteiger partial charge is 0.411 e. The van der Waals surface area contributed by atoms with Crippen LogP contribution in [0.4, 0.5) is 4.79 Å². The molecule has 0 aliphatic carbocycles. The van der Waals surface area contributed by atoms with Crippen LogP contribution in [-0.2, 0) is 14.3 Å². The van der Waals surface area contributed by atoms with Crippen molar-refractivity contribution in [2.75, 3.05) is 13.7 Å². The third kappa shape index (κ3) is 5.56. The number of carbonyl (C=O) groups is 2. The van der Waals surface area contributed by atoms with E-state index in [-0.39, 0.29) is 0 Å². The zero-order valence-corrected chi connectivity index (χ0v) is 11.6. The lowest BCUT2D eigenvalue weighted by Gasteiger charge is -2.30. The number of ether oxygens (including phenoxy) is 2. The van der Waals surface area contributed by atoms with Gasteiger partial charge in [-0.3, -0.25) is 4.90 Å². The molecule has 0 aliphatic rings. The number of methoxy groups -OCH3 is 1. The van der Waals surface area contributed by atoms with Gasteiger partial charge in [-0.05, 0) is 34.1 Å². The van der Waals surface area contributed by atoms with Crippen LogP contribution >= 0.6 is 0 Å². The Kier molecular flexibility index (Phi) is 5.99. The molecule has 1 amide bonds. The second-order valence-electron chi connectivity index (χ2n) is 4.87. The van der Waals surface area contributed by atoms with Gasteiger partial charge in [-0.1, -0.05) is 6.92 Å². The van der Waals surface area contributed by atoms with Crippen LogP contribution in [0.25, 0.3) is 0 Å². The molecule has 0 bridgehead atoms. The first-order valence-corrected chi connectivity index (χ1v) is 5.80. The predicted molar refractivity (Wildman–Crippen MR) is 64.7 cm³/mol. The first kappa shape index (κ1) is 15.7. The van der Waals surface area contributed by atoms with Crippen molar-refractivity contribution in [2.24, 2.45) is 0 Å². The number of amides is 1. The van der Waals surface area contributed by atoms with Gasteiger partial charge in [0.05, 0.1) is 7.11 Å².